The number of benzene rings is 1. The van der Waals surface area contributed by atoms with E-state index in [-0.39, 0.29) is 12.1 Å². The molecule has 10 nitrogen and oxygen atoms in total. The third-order valence-electron chi connectivity index (χ3n) is 6.62. The molecule has 1 unspecified atom stereocenters. The van der Waals surface area contributed by atoms with Crippen molar-refractivity contribution in [2.45, 2.75) is 12.1 Å². The van der Waals surface area contributed by atoms with E-state index in [2.05, 4.69) is 44.4 Å². The number of anilines is 1. The summed E-state index contributed by atoms with van der Waals surface area (Å²) in [7, 11) is -1.26. The van der Waals surface area contributed by atoms with Crippen molar-refractivity contribution in [1.82, 2.24) is 14.5 Å². The Bertz CT molecular complexity index is 1150. The summed E-state index contributed by atoms with van der Waals surface area (Å²) >= 11 is 0. The molecule has 2 saturated heterocycles. The monoisotopic (exact) mass is 500 g/mol. The third kappa shape index (κ3) is 5.43. The molecule has 0 amide bonds. The van der Waals surface area contributed by atoms with E-state index >= 15 is 0 Å². The summed E-state index contributed by atoms with van der Waals surface area (Å²) in [4.78, 5) is 14.0. The molecule has 188 valence electrons. The summed E-state index contributed by atoms with van der Waals surface area (Å²) in [5, 5.41) is 3.44. The molecule has 0 bridgehead atoms. The highest BCUT2D eigenvalue weighted by Gasteiger charge is 2.32. The number of likely N-dealkylation sites (N-methyl/N-ethyl adjacent to an activating group) is 1. The van der Waals surface area contributed by atoms with Crippen molar-refractivity contribution in [3.05, 3.63) is 48.3 Å². The van der Waals surface area contributed by atoms with E-state index in [1.807, 2.05) is 19.3 Å². The van der Waals surface area contributed by atoms with Crippen molar-refractivity contribution < 1.29 is 17.9 Å². The fourth-order valence-electron chi connectivity index (χ4n) is 4.69. The van der Waals surface area contributed by atoms with Gasteiger partial charge >= 0.3 is 0 Å². The van der Waals surface area contributed by atoms with Crippen molar-refractivity contribution in [1.29, 1.82) is 0 Å². The van der Waals surface area contributed by atoms with Gasteiger partial charge < -0.3 is 24.6 Å². The van der Waals surface area contributed by atoms with Gasteiger partial charge in [-0.2, -0.15) is 4.31 Å². The fraction of sp³-hybridized carbons (Fsp3) is 0.500. The number of aliphatic imine (C=N–C) groups is 2. The zero-order chi connectivity index (χ0) is 24.4. The van der Waals surface area contributed by atoms with Gasteiger partial charge in [0, 0.05) is 63.4 Å². The molecular formula is C24H32N6O4S. The number of nitrogens with one attached hydrogen (secondary N) is 1. The predicted molar refractivity (Wildman–Crippen MR) is 137 cm³/mol. The first kappa shape index (κ1) is 24.0. The molecule has 0 radical (unpaired) electrons. The van der Waals surface area contributed by atoms with E-state index in [1.54, 1.807) is 6.20 Å². The number of amidine groups is 1. The predicted octanol–water partition coefficient (Wildman–Crippen LogP) is 0.752. The van der Waals surface area contributed by atoms with Crippen molar-refractivity contribution >= 4 is 33.0 Å². The van der Waals surface area contributed by atoms with Gasteiger partial charge in [-0.15, -0.1) is 0 Å². The summed E-state index contributed by atoms with van der Waals surface area (Å²) in [6, 6.07) is 8.30. The molecule has 0 spiro atoms. The average molecular weight is 501 g/mol. The molecule has 1 aromatic rings. The van der Waals surface area contributed by atoms with Gasteiger partial charge in [0.1, 0.15) is 11.9 Å². The molecule has 4 heterocycles. The van der Waals surface area contributed by atoms with Crippen molar-refractivity contribution in [3.63, 3.8) is 0 Å². The summed E-state index contributed by atoms with van der Waals surface area (Å²) in [5.74, 6) is 0.769. The summed E-state index contributed by atoms with van der Waals surface area (Å²) in [5.41, 5.74) is 3.93. The van der Waals surface area contributed by atoms with E-state index in [9.17, 15) is 8.42 Å². The lowest BCUT2D eigenvalue weighted by molar-refractivity contribution is 0.00224. The Labute approximate surface area is 206 Å². The second-order valence-corrected chi connectivity index (χ2v) is 11.1. The molecule has 0 saturated carbocycles. The average Bonchev–Trinajstić information content (AvgIpc) is 2.87. The minimum Gasteiger partial charge on any atom is -0.378 e. The molecular weight excluding hydrogens is 468 g/mol. The van der Waals surface area contributed by atoms with Gasteiger partial charge in [-0.25, -0.2) is 13.4 Å². The smallest absolute Gasteiger partial charge is 0.211 e. The van der Waals surface area contributed by atoms with Gasteiger partial charge in [0.05, 0.1) is 43.6 Å². The maximum atomic E-state index is 12.0. The molecule has 4 aliphatic heterocycles. The Kier molecular flexibility index (Phi) is 6.92. The molecule has 1 aromatic carbocycles. The van der Waals surface area contributed by atoms with Crippen LogP contribution in [0.15, 0.2) is 52.7 Å². The van der Waals surface area contributed by atoms with Crippen molar-refractivity contribution in [3.8, 4) is 0 Å². The first-order valence-electron chi connectivity index (χ1n) is 11.9. The minimum absolute atomic E-state index is 0.133. The van der Waals surface area contributed by atoms with Crippen molar-refractivity contribution in [2.24, 2.45) is 9.98 Å². The SMILES string of the molecule is CN1C=CN=C2C=C(c3ccc(N4CCOCC4)cc3)N=C(NC[C@@H]3CN(S(C)(=O)=O)CCO3)C21. The fourth-order valence-corrected chi connectivity index (χ4v) is 5.53. The van der Waals surface area contributed by atoms with Crippen LogP contribution in [0.3, 0.4) is 0 Å². The Hall–Kier alpha value is -2.73. The number of hydrogen-bond acceptors (Lipinski definition) is 9. The van der Waals surface area contributed by atoms with E-state index < -0.39 is 10.0 Å². The van der Waals surface area contributed by atoms with E-state index in [0.717, 1.165) is 49.1 Å². The van der Waals surface area contributed by atoms with E-state index in [4.69, 9.17) is 14.5 Å². The van der Waals surface area contributed by atoms with Crippen LogP contribution in [0.25, 0.3) is 5.70 Å². The lowest BCUT2D eigenvalue weighted by Gasteiger charge is -2.35. The van der Waals surface area contributed by atoms with Crippen LogP contribution < -0.4 is 10.2 Å². The number of sulfonamides is 1. The second-order valence-electron chi connectivity index (χ2n) is 9.09. The van der Waals surface area contributed by atoms with Gasteiger partial charge in [0.15, 0.2) is 0 Å². The van der Waals surface area contributed by atoms with Gasteiger partial charge in [-0.3, -0.25) is 4.99 Å². The second kappa shape index (κ2) is 10.1. The maximum absolute atomic E-state index is 12.0. The maximum Gasteiger partial charge on any atom is 0.211 e. The lowest BCUT2D eigenvalue weighted by Crippen LogP contribution is -2.54. The largest absolute Gasteiger partial charge is 0.378 e. The standard InChI is InChI=1S/C24H32N6O4S/c1-28-8-7-25-22-15-21(18-3-5-19(6-4-18)29-9-12-33-13-10-29)27-24(23(22)28)26-16-20-17-30(11-14-34-20)35(2,31)32/h3-8,15,20,23H,9-14,16-17H2,1-2H3,(H,26,27)/t20-,23?/m1/s1. The highest BCUT2D eigenvalue weighted by atomic mass is 32.2. The van der Waals surface area contributed by atoms with Gasteiger partial charge in [0.2, 0.25) is 10.0 Å². The number of fused-ring (bicyclic) bond motifs is 1. The van der Waals surface area contributed by atoms with Crippen LogP contribution in [-0.2, 0) is 19.5 Å². The Morgan fingerprint density at radius 3 is 2.63 bits per heavy atom. The van der Waals surface area contributed by atoms with Crippen LogP contribution in [0.5, 0.6) is 0 Å². The quantitative estimate of drug-likeness (QED) is 0.637. The number of rotatable bonds is 5. The molecule has 11 heteroatoms. The normalized spacial score (nSPS) is 25.5. The molecule has 4 aliphatic rings. The molecule has 2 fully saturated rings. The van der Waals surface area contributed by atoms with Crippen LogP contribution in [0.2, 0.25) is 0 Å². The zero-order valence-corrected chi connectivity index (χ0v) is 20.9. The Morgan fingerprint density at radius 1 is 1.11 bits per heavy atom. The van der Waals surface area contributed by atoms with E-state index in [1.165, 1.54) is 16.2 Å². The summed E-state index contributed by atoms with van der Waals surface area (Å²) in [6.45, 7) is 4.84. The molecule has 0 aliphatic carbocycles. The summed E-state index contributed by atoms with van der Waals surface area (Å²) in [6.07, 6.45) is 6.72. The topological polar surface area (TPSA) is 99.1 Å². The zero-order valence-electron chi connectivity index (χ0n) is 20.1. The first-order chi connectivity index (χ1) is 16.9. The van der Waals surface area contributed by atoms with Gasteiger partial charge in [-0.1, -0.05) is 12.1 Å². The van der Waals surface area contributed by atoms with Gasteiger partial charge in [-0.05, 0) is 18.2 Å². The Balaban J connectivity index is 1.34. The number of morpholine rings is 2. The van der Waals surface area contributed by atoms with Gasteiger partial charge in [0.25, 0.3) is 0 Å². The van der Waals surface area contributed by atoms with E-state index in [0.29, 0.717) is 26.2 Å². The van der Waals surface area contributed by atoms with Crippen LogP contribution >= 0.6 is 0 Å². The first-order valence-corrected chi connectivity index (χ1v) is 13.7. The minimum atomic E-state index is -3.25. The third-order valence-corrected chi connectivity index (χ3v) is 7.89. The Morgan fingerprint density at radius 2 is 1.89 bits per heavy atom. The highest BCUT2D eigenvalue weighted by Crippen LogP contribution is 2.26. The summed E-state index contributed by atoms with van der Waals surface area (Å²) < 4.78 is 36.7. The van der Waals surface area contributed by atoms with Crippen LogP contribution in [-0.4, -0.2) is 107 Å². The van der Waals surface area contributed by atoms with Crippen molar-refractivity contribution in [2.75, 3.05) is 70.7 Å². The number of nitrogens with zero attached hydrogens (tertiary/aromatic N) is 5. The van der Waals surface area contributed by atoms with Crippen LogP contribution in [0.4, 0.5) is 5.69 Å². The van der Waals surface area contributed by atoms with Crippen LogP contribution in [0.1, 0.15) is 5.56 Å². The molecule has 0 aromatic heterocycles. The molecule has 5 rings (SSSR count). The number of hydrogen-bond donors (Lipinski definition) is 1. The molecule has 1 N–H and O–H groups in total. The lowest BCUT2D eigenvalue weighted by atomic mass is 10.0. The molecule has 35 heavy (non-hydrogen) atoms. The highest BCUT2D eigenvalue weighted by molar-refractivity contribution is 7.88. The van der Waals surface area contributed by atoms with Crippen LogP contribution in [0, 0.1) is 0 Å². The molecule has 2 atom stereocenters. The number of ether oxygens (including phenoxy) is 2.